The third-order valence-corrected chi connectivity index (χ3v) is 6.63. The lowest BCUT2D eigenvalue weighted by molar-refractivity contribution is -0.157. The third kappa shape index (κ3) is 8.63. The lowest BCUT2D eigenvalue weighted by Crippen LogP contribution is -2.30. The summed E-state index contributed by atoms with van der Waals surface area (Å²) in [6.45, 7) is 2.26. The quantitative estimate of drug-likeness (QED) is 0.178. The summed E-state index contributed by atoms with van der Waals surface area (Å²) in [4.78, 5) is 12.6. The summed E-state index contributed by atoms with van der Waals surface area (Å²) in [5, 5.41) is 8.44. The Morgan fingerprint density at radius 2 is 1.64 bits per heavy atom. The fraction of sp³-hybridized carbons (Fsp3) is 0.760. The molecule has 0 N–H and O–H groups in total. The summed E-state index contributed by atoms with van der Waals surface area (Å²) >= 11 is 0. The van der Waals surface area contributed by atoms with Crippen molar-refractivity contribution in [1.82, 2.24) is 0 Å². The highest BCUT2D eigenvalue weighted by atomic mass is 16.5. The van der Waals surface area contributed by atoms with E-state index < -0.39 is 0 Å². The van der Waals surface area contributed by atoms with Gasteiger partial charge in [-0.15, -0.1) is 0 Å². The lowest BCUT2D eigenvalue weighted by Gasteiger charge is -2.31. The van der Waals surface area contributed by atoms with Gasteiger partial charge in [-0.1, -0.05) is 50.8 Å². The molecule has 0 radical (unpaired) electrons. The molecular weight excluding hydrogens is 346 g/mol. The van der Waals surface area contributed by atoms with E-state index in [9.17, 15) is 4.79 Å². The van der Waals surface area contributed by atoms with Crippen LogP contribution in [0.1, 0.15) is 96.8 Å². The smallest absolute Gasteiger partial charge is 0.309 e. The zero-order valence-corrected chi connectivity index (χ0v) is 17.8. The maximum atomic E-state index is 12.6. The number of carbonyl (C=O) groups is 1. The van der Waals surface area contributed by atoms with E-state index in [1.54, 1.807) is 6.08 Å². The van der Waals surface area contributed by atoms with Crippen molar-refractivity contribution in [2.24, 2.45) is 17.8 Å². The van der Waals surface area contributed by atoms with Gasteiger partial charge in [0.25, 0.3) is 0 Å². The molecule has 156 valence electrons. The second-order valence-electron chi connectivity index (χ2n) is 8.79. The molecule has 2 saturated carbocycles. The van der Waals surface area contributed by atoms with Gasteiger partial charge in [-0.3, -0.25) is 4.79 Å². The molecule has 3 heteroatoms. The van der Waals surface area contributed by atoms with Crippen LogP contribution in [0.4, 0.5) is 0 Å². The number of carbonyl (C=O) groups excluding carboxylic acids is 1. The highest BCUT2D eigenvalue weighted by Crippen LogP contribution is 2.34. The van der Waals surface area contributed by atoms with Crippen LogP contribution in [0.15, 0.2) is 24.3 Å². The van der Waals surface area contributed by atoms with Gasteiger partial charge >= 0.3 is 5.97 Å². The Bertz CT molecular complexity index is 529. The number of nitrogens with zero attached hydrogens (tertiary/aromatic N) is 1. The predicted octanol–water partition coefficient (Wildman–Crippen LogP) is 6.89. The van der Waals surface area contributed by atoms with E-state index in [2.05, 4.69) is 13.0 Å². The van der Waals surface area contributed by atoms with Gasteiger partial charge in [-0.25, -0.2) is 0 Å². The van der Waals surface area contributed by atoms with Crippen LogP contribution in [0.25, 0.3) is 0 Å². The molecule has 28 heavy (non-hydrogen) atoms. The number of nitriles is 1. The van der Waals surface area contributed by atoms with Crippen LogP contribution in [-0.2, 0) is 9.53 Å². The molecule has 2 fully saturated rings. The van der Waals surface area contributed by atoms with Crippen LogP contribution in [0.2, 0.25) is 0 Å². The fourth-order valence-corrected chi connectivity index (χ4v) is 4.77. The Labute approximate surface area is 172 Å². The molecule has 2 rings (SSSR count). The fourth-order valence-electron chi connectivity index (χ4n) is 4.77. The van der Waals surface area contributed by atoms with Crippen LogP contribution >= 0.6 is 0 Å². The van der Waals surface area contributed by atoms with E-state index in [0.29, 0.717) is 0 Å². The summed E-state index contributed by atoms with van der Waals surface area (Å²) in [6, 6.07) is 1.99. The standard InChI is InChI=1S/C25H39NO2/c1-2-3-7-10-21-12-16-23(17-13-21)25(27)28-24-18-14-22(15-19-24)11-8-5-4-6-9-20-26/h4-6,9,21-24H,2-3,7-8,10-19H2,1H3/t21-,22-,23-,24-. The van der Waals surface area contributed by atoms with Gasteiger partial charge in [0.05, 0.1) is 12.0 Å². The Balaban J connectivity index is 1.57. The molecule has 0 amide bonds. The number of unbranched alkanes of at least 4 members (excludes halogenated alkanes) is 2. The highest BCUT2D eigenvalue weighted by Gasteiger charge is 2.30. The summed E-state index contributed by atoms with van der Waals surface area (Å²) < 4.78 is 5.89. The summed E-state index contributed by atoms with van der Waals surface area (Å²) in [5.41, 5.74) is 0. The van der Waals surface area contributed by atoms with E-state index in [1.165, 1.54) is 63.9 Å². The van der Waals surface area contributed by atoms with Crippen molar-refractivity contribution in [3.05, 3.63) is 24.3 Å². The SMILES string of the molecule is CCCCC[C@H]1CC[C@H](C(=O)O[C@H]2CC[C@H](CCC=CC=CC#N)CC2)CC1. The Hall–Kier alpha value is -1.56. The minimum absolute atomic E-state index is 0.0858. The first-order valence-electron chi connectivity index (χ1n) is 11.6. The average Bonchev–Trinajstić information content (AvgIpc) is 2.72. The van der Waals surface area contributed by atoms with Gasteiger partial charge in [-0.05, 0) is 76.0 Å². The summed E-state index contributed by atoms with van der Waals surface area (Å²) in [5.74, 6) is 1.84. The normalized spacial score (nSPS) is 28.4. The molecule has 0 spiro atoms. The largest absolute Gasteiger partial charge is 0.462 e. The first-order chi connectivity index (χ1) is 13.7. The van der Waals surface area contributed by atoms with Crippen LogP contribution in [0.5, 0.6) is 0 Å². The van der Waals surface area contributed by atoms with E-state index >= 15 is 0 Å². The Kier molecular flexibility index (Phi) is 11.0. The van der Waals surface area contributed by atoms with Crippen LogP contribution in [-0.4, -0.2) is 12.1 Å². The van der Waals surface area contributed by atoms with Crippen molar-refractivity contribution in [3.63, 3.8) is 0 Å². The number of rotatable bonds is 10. The van der Waals surface area contributed by atoms with Crippen LogP contribution < -0.4 is 0 Å². The molecule has 0 unspecified atom stereocenters. The molecule has 0 atom stereocenters. The van der Waals surface area contributed by atoms with Crippen molar-refractivity contribution >= 4 is 5.97 Å². The molecule has 2 aliphatic carbocycles. The monoisotopic (exact) mass is 385 g/mol. The Morgan fingerprint density at radius 1 is 0.964 bits per heavy atom. The van der Waals surface area contributed by atoms with E-state index in [1.807, 2.05) is 12.1 Å². The first-order valence-corrected chi connectivity index (χ1v) is 11.6. The van der Waals surface area contributed by atoms with Crippen molar-refractivity contribution in [3.8, 4) is 6.07 Å². The van der Waals surface area contributed by atoms with Gasteiger partial charge < -0.3 is 4.74 Å². The average molecular weight is 386 g/mol. The van der Waals surface area contributed by atoms with E-state index in [4.69, 9.17) is 10.00 Å². The molecule has 0 aliphatic heterocycles. The molecule has 0 bridgehead atoms. The third-order valence-electron chi connectivity index (χ3n) is 6.63. The highest BCUT2D eigenvalue weighted by molar-refractivity contribution is 5.72. The maximum Gasteiger partial charge on any atom is 0.309 e. The molecule has 3 nitrogen and oxygen atoms in total. The van der Waals surface area contributed by atoms with Gasteiger partial charge in [0.1, 0.15) is 6.10 Å². The van der Waals surface area contributed by atoms with Crippen LogP contribution in [0, 0.1) is 29.1 Å². The number of esters is 1. The molecule has 0 saturated heterocycles. The second kappa shape index (κ2) is 13.6. The summed E-state index contributed by atoms with van der Waals surface area (Å²) in [6.07, 6.45) is 24.0. The van der Waals surface area contributed by atoms with Gasteiger partial charge in [0, 0.05) is 6.08 Å². The maximum absolute atomic E-state index is 12.6. The number of hydrogen-bond donors (Lipinski definition) is 0. The zero-order chi connectivity index (χ0) is 20.0. The molecular formula is C25H39NO2. The van der Waals surface area contributed by atoms with Crippen molar-refractivity contribution < 1.29 is 9.53 Å². The minimum Gasteiger partial charge on any atom is -0.462 e. The van der Waals surface area contributed by atoms with Gasteiger partial charge in [0.15, 0.2) is 0 Å². The van der Waals surface area contributed by atoms with E-state index in [-0.39, 0.29) is 18.0 Å². The summed E-state index contributed by atoms with van der Waals surface area (Å²) in [7, 11) is 0. The lowest BCUT2D eigenvalue weighted by atomic mass is 9.79. The van der Waals surface area contributed by atoms with Crippen molar-refractivity contribution in [2.45, 2.75) is 103 Å². The number of hydrogen-bond acceptors (Lipinski definition) is 3. The van der Waals surface area contributed by atoms with Gasteiger partial charge in [-0.2, -0.15) is 5.26 Å². The molecule has 0 aromatic heterocycles. The Morgan fingerprint density at radius 3 is 2.32 bits per heavy atom. The first kappa shape index (κ1) is 22.7. The van der Waals surface area contributed by atoms with Crippen LogP contribution in [0.3, 0.4) is 0 Å². The molecule has 0 aromatic rings. The molecule has 0 aromatic carbocycles. The molecule has 0 heterocycles. The zero-order valence-electron chi connectivity index (χ0n) is 17.8. The minimum atomic E-state index is 0.0858. The predicted molar refractivity (Wildman–Crippen MR) is 115 cm³/mol. The second-order valence-corrected chi connectivity index (χ2v) is 8.79. The topological polar surface area (TPSA) is 50.1 Å². The number of ether oxygens (including phenoxy) is 1. The van der Waals surface area contributed by atoms with Crippen molar-refractivity contribution in [1.29, 1.82) is 5.26 Å². The van der Waals surface area contributed by atoms with E-state index in [0.717, 1.165) is 43.9 Å². The van der Waals surface area contributed by atoms with Crippen molar-refractivity contribution in [2.75, 3.05) is 0 Å². The molecule has 2 aliphatic rings. The van der Waals surface area contributed by atoms with Gasteiger partial charge in [0.2, 0.25) is 0 Å². The number of allylic oxidation sites excluding steroid dienone is 4.